The molecule has 0 radical (unpaired) electrons. The SMILES string of the molecule is COc1c(Br)cc(Br)cc1C=NNc1ccc(C(=O)O)cc1. The van der Waals surface area contributed by atoms with Crippen molar-refractivity contribution < 1.29 is 14.6 Å². The molecule has 0 atom stereocenters. The van der Waals surface area contributed by atoms with Crippen LogP contribution in [-0.4, -0.2) is 24.4 Å². The Morgan fingerprint density at radius 3 is 2.55 bits per heavy atom. The van der Waals surface area contributed by atoms with Gasteiger partial charge in [-0.25, -0.2) is 4.79 Å². The number of anilines is 1. The van der Waals surface area contributed by atoms with Crippen LogP contribution < -0.4 is 10.2 Å². The monoisotopic (exact) mass is 426 g/mol. The first-order valence-electron chi connectivity index (χ1n) is 6.16. The molecule has 7 heteroatoms. The molecule has 0 heterocycles. The zero-order valence-electron chi connectivity index (χ0n) is 11.5. The lowest BCUT2D eigenvalue weighted by molar-refractivity contribution is 0.0697. The number of nitrogens with zero attached hydrogens (tertiary/aromatic N) is 1. The first-order valence-corrected chi connectivity index (χ1v) is 7.75. The average molecular weight is 428 g/mol. The highest BCUT2D eigenvalue weighted by molar-refractivity contribution is 9.11. The Kier molecular flexibility index (Phi) is 5.57. The number of benzene rings is 2. The third-order valence-corrected chi connectivity index (χ3v) is 3.82. The second kappa shape index (κ2) is 7.42. The van der Waals surface area contributed by atoms with Gasteiger partial charge in [0, 0.05) is 10.0 Å². The van der Waals surface area contributed by atoms with Gasteiger partial charge in [0.15, 0.2) is 0 Å². The highest BCUT2D eigenvalue weighted by Gasteiger charge is 2.07. The lowest BCUT2D eigenvalue weighted by Gasteiger charge is -2.08. The summed E-state index contributed by atoms with van der Waals surface area (Å²) in [4.78, 5) is 10.8. The fourth-order valence-electron chi connectivity index (χ4n) is 1.76. The molecular formula is C15H12Br2N2O3. The summed E-state index contributed by atoms with van der Waals surface area (Å²) in [5.74, 6) is -0.284. The topological polar surface area (TPSA) is 70.9 Å². The smallest absolute Gasteiger partial charge is 0.335 e. The van der Waals surface area contributed by atoms with Crippen LogP contribution in [0.4, 0.5) is 5.69 Å². The molecular weight excluding hydrogens is 416 g/mol. The summed E-state index contributed by atoms with van der Waals surface area (Å²) in [5.41, 5.74) is 4.55. The molecule has 0 fully saturated rings. The molecule has 22 heavy (non-hydrogen) atoms. The quantitative estimate of drug-likeness (QED) is 0.549. The zero-order valence-corrected chi connectivity index (χ0v) is 14.7. The molecule has 2 aromatic carbocycles. The Morgan fingerprint density at radius 2 is 1.95 bits per heavy atom. The predicted molar refractivity (Wildman–Crippen MR) is 93.0 cm³/mol. The lowest BCUT2D eigenvalue weighted by Crippen LogP contribution is -1.97. The summed E-state index contributed by atoms with van der Waals surface area (Å²) in [6, 6.07) is 10.1. The van der Waals surface area contributed by atoms with E-state index in [0.29, 0.717) is 11.4 Å². The van der Waals surface area contributed by atoms with Crippen molar-refractivity contribution in [2.45, 2.75) is 0 Å². The van der Waals surface area contributed by atoms with E-state index in [2.05, 4.69) is 42.4 Å². The van der Waals surface area contributed by atoms with E-state index >= 15 is 0 Å². The van der Waals surface area contributed by atoms with Gasteiger partial charge in [-0.05, 0) is 52.3 Å². The molecule has 0 spiro atoms. The van der Waals surface area contributed by atoms with Crippen LogP contribution >= 0.6 is 31.9 Å². The average Bonchev–Trinajstić information content (AvgIpc) is 2.47. The summed E-state index contributed by atoms with van der Waals surface area (Å²) in [6.45, 7) is 0. The van der Waals surface area contributed by atoms with Gasteiger partial charge in [0.05, 0.1) is 29.0 Å². The Bertz CT molecular complexity index is 715. The summed E-state index contributed by atoms with van der Waals surface area (Å²) in [7, 11) is 1.59. The van der Waals surface area contributed by atoms with Crippen LogP contribution in [-0.2, 0) is 0 Å². The number of hydrogen-bond donors (Lipinski definition) is 2. The van der Waals surface area contributed by atoms with Crippen molar-refractivity contribution >= 4 is 49.7 Å². The minimum absolute atomic E-state index is 0.229. The maximum Gasteiger partial charge on any atom is 0.335 e. The summed E-state index contributed by atoms with van der Waals surface area (Å²) in [6.07, 6.45) is 1.62. The van der Waals surface area contributed by atoms with E-state index in [1.807, 2.05) is 12.1 Å². The van der Waals surface area contributed by atoms with Crippen LogP contribution in [0.3, 0.4) is 0 Å². The normalized spacial score (nSPS) is 10.7. The van der Waals surface area contributed by atoms with E-state index in [9.17, 15) is 4.79 Å². The van der Waals surface area contributed by atoms with Crippen molar-refractivity contribution in [3.63, 3.8) is 0 Å². The molecule has 0 aliphatic heterocycles. The molecule has 0 aliphatic rings. The van der Waals surface area contributed by atoms with E-state index in [-0.39, 0.29) is 5.56 Å². The van der Waals surface area contributed by atoms with Gasteiger partial charge in [-0.1, -0.05) is 15.9 Å². The maximum absolute atomic E-state index is 10.8. The number of aromatic carboxylic acids is 1. The van der Waals surface area contributed by atoms with Crippen LogP contribution in [0.5, 0.6) is 5.75 Å². The molecule has 0 aromatic heterocycles. The van der Waals surface area contributed by atoms with Crippen LogP contribution in [0, 0.1) is 0 Å². The fraction of sp³-hybridized carbons (Fsp3) is 0.0667. The number of nitrogens with one attached hydrogen (secondary N) is 1. The molecule has 0 saturated carbocycles. The molecule has 2 N–H and O–H groups in total. The van der Waals surface area contributed by atoms with Gasteiger partial charge in [-0.15, -0.1) is 0 Å². The third kappa shape index (κ3) is 4.08. The largest absolute Gasteiger partial charge is 0.495 e. The number of ether oxygens (including phenoxy) is 1. The summed E-state index contributed by atoms with van der Waals surface area (Å²) >= 11 is 6.84. The van der Waals surface area contributed by atoms with Gasteiger partial charge >= 0.3 is 5.97 Å². The third-order valence-electron chi connectivity index (χ3n) is 2.77. The molecule has 2 rings (SSSR count). The first-order chi connectivity index (χ1) is 10.5. The molecule has 0 unspecified atom stereocenters. The predicted octanol–water partition coefficient (Wildman–Crippen LogP) is 4.36. The number of methoxy groups -OCH3 is 1. The number of halogens is 2. The minimum Gasteiger partial charge on any atom is -0.495 e. The zero-order chi connectivity index (χ0) is 16.1. The van der Waals surface area contributed by atoms with Crippen LogP contribution in [0.1, 0.15) is 15.9 Å². The van der Waals surface area contributed by atoms with Crippen LogP contribution in [0.25, 0.3) is 0 Å². The minimum atomic E-state index is -0.959. The van der Waals surface area contributed by atoms with Crippen molar-refractivity contribution in [2.75, 3.05) is 12.5 Å². The van der Waals surface area contributed by atoms with Crippen molar-refractivity contribution in [3.05, 3.63) is 56.5 Å². The summed E-state index contributed by atoms with van der Waals surface area (Å²) < 4.78 is 7.04. The van der Waals surface area contributed by atoms with Crippen LogP contribution in [0.2, 0.25) is 0 Å². The van der Waals surface area contributed by atoms with Crippen molar-refractivity contribution in [2.24, 2.45) is 5.10 Å². The summed E-state index contributed by atoms with van der Waals surface area (Å²) in [5, 5.41) is 13.0. The van der Waals surface area contributed by atoms with Gasteiger partial charge in [0.25, 0.3) is 0 Å². The van der Waals surface area contributed by atoms with Gasteiger partial charge in [0.2, 0.25) is 0 Å². The van der Waals surface area contributed by atoms with Gasteiger partial charge in [0.1, 0.15) is 5.75 Å². The Morgan fingerprint density at radius 1 is 1.27 bits per heavy atom. The first kappa shape index (κ1) is 16.5. The number of rotatable bonds is 5. The molecule has 2 aromatic rings. The molecule has 5 nitrogen and oxygen atoms in total. The van der Waals surface area contributed by atoms with Gasteiger partial charge < -0.3 is 9.84 Å². The number of hydrogen-bond acceptors (Lipinski definition) is 4. The number of carbonyl (C=O) groups is 1. The molecule has 114 valence electrons. The molecule has 0 aliphatic carbocycles. The van der Waals surface area contributed by atoms with E-state index in [0.717, 1.165) is 14.5 Å². The molecule has 0 bridgehead atoms. The lowest BCUT2D eigenvalue weighted by atomic mass is 10.2. The maximum atomic E-state index is 10.8. The van der Waals surface area contributed by atoms with Crippen molar-refractivity contribution in [1.82, 2.24) is 0 Å². The molecule has 0 saturated heterocycles. The van der Waals surface area contributed by atoms with Gasteiger partial charge in [-0.3, -0.25) is 5.43 Å². The van der Waals surface area contributed by atoms with Crippen molar-refractivity contribution in [1.29, 1.82) is 0 Å². The second-order valence-electron chi connectivity index (χ2n) is 4.26. The van der Waals surface area contributed by atoms with E-state index in [1.54, 1.807) is 25.5 Å². The second-order valence-corrected chi connectivity index (χ2v) is 6.03. The van der Waals surface area contributed by atoms with Gasteiger partial charge in [-0.2, -0.15) is 5.10 Å². The molecule has 0 amide bonds. The van der Waals surface area contributed by atoms with Crippen LogP contribution in [0.15, 0.2) is 50.4 Å². The van der Waals surface area contributed by atoms with E-state index in [4.69, 9.17) is 9.84 Å². The Balaban J connectivity index is 2.14. The number of carboxylic acid groups (broad SMARTS) is 1. The van der Waals surface area contributed by atoms with E-state index in [1.165, 1.54) is 12.1 Å². The number of carboxylic acids is 1. The van der Waals surface area contributed by atoms with E-state index < -0.39 is 5.97 Å². The van der Waals surface area contributed by atoms with Crippen molar-refractivity contribution in [3.8, 4) is 5.75 Å². The fourth-order valence-corrected chi connectivity index (χ4v) is 3.18. The number of hydrazone groups is 1. The standard InChI is InChI=1S/C15H12Br2N2O3/c1-22-14-10(6-11(16)7-13(14)17)8-18-19-12-4-2-9(3-5-12)15(20)21/h2-8,19H,1H3,(H,20,21). The Hall–Kier alpha value is -1.86. The Labute approximate surface area is 144 Å². The highest BCUT2D eigenvalue weighted by atomic mass is 79.9. The highest BCUT2D eigenvalue weighted by Crippen LogP contribution is 2.31.